The van der Waals surface area contributed by atoms with E-state index in [1.165, 1.54) is 11.1 Å². The molecule has 3 rings (SSSR count). The molecule has 156 valence electrons. The summed E-state index contributed by atoms with van der Waals surface area (Å²) in [5, 5.41) is 6.78. The Kier molecular flexibility index (Phi) is 8.58. The summed E-state index contributed by atoms with van der Waals surface area (Å²) >= 11 is 0. The van der Waals surface area contributed by atoms with Gasteiger partial charge < -0.3 is 20.1 Å². The van der Waals surface area contributed by atoms with Crippen molar-refractivity contribution < 1.29 is 9.47 Å². The van der Waals surface area contributed by atoms with Crippen molar-refractivity contribution in [3.63, 3.8) is 0 Å². The van der Waals surface area contributed by atoms with Crippen molar-refractivity contribution in [3.05, 3.63) is 35.4 Å². The van der Waals surface area contributed by atoms with Gasteiger partial charge in [0.1, 0.15) is 0 Å². The second kappa shape index (κ2) is 11.4. The SMILES string of the molecule is CCNC(=NCC(C)N1CCc2ccccc2C1)NCCCOC1CCOC1. The van der Waals surface area contributed by atoms with Gasteiger partial charge in [0.25, 0.3) is 0 Å². The molecule has 2 heterocycles. The van der Waals surface area contributed by atoms with Crippen LogP contribution >= 0.6 is 0 Å². The monoisotopic (exact) mass is 388 g/mol. The van der Waals surface area contributed by atoms with E-state index in [1.54, 1.807) is 0 Å². The average molecular weight is 389 g/mol. The van der Waals surface area contributed by atoms with Crippen LogP contribution in [0.5, 0.6) is 0 Å². The van der Waals surface area contributed by atoms with Gasteiger partial charge >= 0.3 is 0 Å². The molecule has 0 radical (unpaired) electrons. The second-order valence-electron chi connectivity index (χ2n) is 7.69. The number of aliphatic imine (C=N–C) groups is 1. The van der Waals surface area contributed by atoms with E-state index >= 15 is 0 Å². The van der Waals surface area contributed by atoms with Gasteiger partial charge in [-0.2, -0.15) is 0 Å². The summed E-state index contributed by atoms with van der Waals surface area (Å²) in [7, 11) is 0. The number of nitrogens with one attached hydrogen (secondary N) is 2. The molecule has 6 heteroatoms. The first kappa shape index (κ1) is 21.1. The minimum atomic E-state index is 0.289. The maximum Gasteiger partial charge on any atom is 0.191 e. The highest BCUT2D eigenvalue weighted by atomic mass is 16.5. The van der Waals surface area contributed by atoms with Gasteiger partial charge in [0.2, 0.25) is 0 Å². The Morgan fingerprint density at radius 3 is 2.96 bits per heavy atom. The molecule has 1 aromatic carbocycles. The van der Waals surface area contributed by atoms with Gasteiger partial charge in [-0.15, -0.1) is 0 Å². The molecule has 2 N–H and O–H groups in total. The summed E-state index contributed by atoms with van der Waals surface area (Å²) in [6, 6.07) is 9.22. The van der Waals surface area contributed by atoms with Crippen molar-refractivity contribution >= 4 is 5.96 Å². The molecule has 1 fully saturated rings. The number of ether oxygens (including phenoxy) is 2. The highest BCUT2D eigenvalue weighted by Crippen LogP contribution is 2.20. The van der Waals surface area contributed by atoms with E-state index in [0.29, 0.717) is 6.04 Å². The van der Waals surface area contributed by atoms with Gasteiger partial charge in [-0.3, -0.25) is 9.89 Å². The molecule has 0 amide bonds. The van der Waals surface area contributed by atoms with Gasteiger partial charge in [-0.1, -0.05) is 24.3 Å². The van der Waals surface area contributed by atoms with Crippen molar-refractivity contribution in [3.8, 4) is 0 Å². The summed E-state index contributed by atoms with van der Waals surface area (Å²) in [5.74, 6) is 0.899. The summed E-state index contributed by atoms with van der Waals surface area (Å²) in [6.45, 7) is 11.4. The van der Waals surface area contributed by atoms with Crippen LogP contribution in [-0.4, -0.2) is 69.0 Å². The number of benzene rings is 1. The zero-order valence-corrected chi connectivity index (χ0v) is 17.5. The number of guanidine groups is 1. The van der Waals surface area contributed by atoms with E-state index in [0.717, 1.165) is 77.8 Å². The Labute approximate surface area is 169 Å². The first-order valence-electron chi connectivity index (χ1n) is 10.8. The Morgan fingerprint density at radius 2 is 2.18 bits per heavy atom. The summed E-state index contributed by atoms with van der Waals surface area (Å²) in [6.07, 6.45) is 3.42. The lowest BCUT2D eigenvalue weighted by Gasteiger charge is -2.33. The molecule has 2 atom stereocenters. The molecule has 0 aromatic heterocycles. The third-order valence-corrected chi connectivity index (χ3v) is 5.50. The number of hydrogen-bond acceptors (Lipinski definition) is 4. The Morgan fingerprint density at radius 1 is 1.32 bits per heavy atom. The zero-order valence-electron chi connectivity index (χ0n) is 17.5. The minimum absolute atomic E-state index is 0.289. The fourth-order valence-electron chi connectivity index (χ4n) is 3.75. The molecule has 1 saturated heterocycles. The van der Waals surface area contributed by atoms with Gasteiger partial charge in [0.05, 0.1) is 19.3 Å². The van der Waals surface area contributed by atoms with Gasteiger partial charge in [-0.25, -0.2) is 0 Å². The molecule has 0 bridgehead atoms. The fraction of sp³-hybridized carbons (Fsp3) is 0.682. The molecule has 6 nitrogen and oxygen atoms in total. The van der Waals surface area contributed by atoms with Crippen molar-refractivity contribution in [1.82, 2.24) is 15.5 Å². The lowest BCUT2D eigenvalue weighted by atomic mass is 9.99. The number of fused-ring (bicyclic) bond motifs is 1. The predicted molar refractivity (Wildman–Crippen MR) is 114 cm³/mol. The highest BCUT2D eigenvalue weighted by Gasteiger charge is 2.20. The van der Waals surface area contributed by atoms with Crippen molar-refractivity contribution in [2.75, 3.05) is 46.0 Å². The van der Waals surface area contributed by atoms with Crippen LogP contribution in [0.4, 0.5) is 0 Å². The summed E-state index contributed by atoms with van der Waals surface area (Å²) in [4.78, 5) is 7.35. The Bertz CT molecular complexity index is 616. The van der Waals surface area contributed by atoms with Crippen LogP contribution in [0.15, 0.2) is 29.3 Å². The third-order valence-electron chi connectivity index (χ3n) is 5.50. The van der Waals surface area contributed by atoms with Crippen LogP contribution in [0.1, 0.15) is 37.8 Å². The van der Waals surface area contributed by atoms with E-state index in [1.807, 2.05) is 0 Å². The van der Waals surface area contributed by atoms with Gasteiger partial charge in [-0.05, 0) is 44.2 Å². The molecule has 0 saturated carbocycles. The minimum Gasteiger partial charge on any atom is -0.379 e. The van der Waals surface area contributed by atoms with E-state index in [2.05, 4.69) is 53.6 Å². The van der Waals surface area contributed by atoms with Crippen LogP contribution in [0.2, 0.25) is 0 Å². The molecular weight excluding hydrogens is 352 g/mol. The Hall–Kier alpha value is -1.63. The smallest absolute Gasteiger partial charge is 0.191 e. The largest absolute Gasteiger partial charge is 0.379 e. The molecule has 28 heavy (non-hydrogen) atoms. The zero-order chi connectivity index (χ0) is 19.6. The standard InChI is InChI=1S/C22H36N4O2/c1-3-23-22(24-11-6-13-28-21-10-14-27-17-21)25-15-18(2)26-12-9-19-7-4-5-8-20(19)16-26/h4-5,7-8,18,21H,3,6,9-17H2,1-2H3,(H2,23,24,25). The highest BCUT2D eigenvalue weighted by molar-refractivity contribution is 5.79. The first-order valence-corrected chi connectivity index (χ1v) is 10.8. The lowest BCUT2D eigenvalue weighted by molar-refractivity contribution is 0.0420. The fourth-order valence-corrected chi connectivity index (χ4v) is 3.75. The van der Waals surface area contributed by atoms with Crippen LogP contribution in [-0.2, 0) is 22.4 Å². The van der Waals surface area contributed by atoms with E-state index < -0.39 is 0 Å². The van der Waals surface area contributed by atoms with Crippen LogP contribution < -0.4 is 10.6 Å². The van der Waals surface area contributed by atoms with E-state index in [4.69, 9.17) is 14.5 Å². The van der Waals surface area contributed by atoms with Gasteiger partial charge in [0, 0.05) is 45.4 Å². The van der Waals surface area contributed by atoms with Crippen molar-refractivity contribution in [2.45, 2.75) is 51.8 Å². The summed E-state index contributed by atoms with van der Waals surface area (Å²) in [5.41, 5.74) is 2.96. The normalized spacial score (nSPS) is 21.4. The molecule has 2 unspecified atom stereocenters. The molecule has 1 aromatic rings. The topological polar surface area (TPSA) is 58.1 Å². The van der Waals surface area contributed by atoms with Crippen LogP contribution in [0.25, 0.3) is 0 Å². The lowest BCUT2D eigenvalue weighted by Crippen LogP contribution is -2.42. The van der Waals surface area contributed by atoms with Crippen LogP contribution in [0.3, 0.4) is 0 Å². The molecule has 2 aliphatic rings. The number of hydrogen-bond donors (Lipinski definition) is 2. The first-order chi connectivity index (χ1) is 13.8. The maximum atomic E-state index is 5.82. The number of nitrogens with zero attached hydrogens (tertiary/aromatic N) is 2. The third kappa shape index (κ3) is 6.47. The predicted octanol–water partition coefficient (Wildman–Crippen LogP) is 2.18. The maximum absolute atomic E-state index is 5.82. The Balaban J connectivity index is 1.39. The van der Waals surface area contributed by atoms with Crippen molar-refractivity contribution in [1.29, 1.82) is 0 Å². The average Bonchev–Trinajstić information content (AvgIpc) is 3.24. The summed E-state index contributed by atoms with van der Waals surface area (Å²) < 4.78 is 11.2. The molecule has 0 aliphatic carbocycles. The molecule has 2 aliphatic heterocycles. The van der Waals surface area contributed by atoms with Gasteiger partial charge in [0.15, 0.2) is 5.96 Å². The second-order valence-corrected chi connectivity index (χ2v) is 7.69. The van der Waals surface area contributed by atoms with Crippen molar-refractivity contribution in [2.24, 2.45) is 4.99 Å². The van der Waals surface area contributed by atoms with E-state index in [-0.39, 0.29) is 6.10 Å². The molecule has 0 spiro atoms. The molecular formula is C22H36N4O2. The van der Waals surface area contributed by atoms with Crippen LogP contribution in [0, 0.1) is 0 Å². The van der Waals surface area contributed by atoms with E-state index in [9.17, 15) is 0 Å². The quantitative estimate of drug-likeness (QED) is 0.386. The number of rotatable bonds is 9.